The zero-order valence-electron chi connectivity index (χ0n) is 14.5. The van der Waals surface area contributed by atoms with Gasteiger partial charge in [-0.15, -0.1) is 0 Å². The summed E-state index contributed by atoms with van der Waals surface area (Å²) in [5, 5.41) is 22.2. The molecule has 0 fully saturated rings. The van der Waals surface area contributed by atoms with E-state index in [9.17, 15) is 20.0 Å². The minimum atomic E-state index is -0.505. The SMILES string of the molecule is CC(C)c1cc2c(c([N+](=O)[O-])c1O)C1=CC(=O)CC(C)(C)C1CC2. The second-order valence-corrected chi connectivity index (χ2v) is 7.93. The molecule has 0 aliphatic heterocycles. The van der Waals surface area contributed by atoms with Crippen molar-refractivity contribution in [3.8, 4) is 5.75 Å². The van der Waals surface area contributed by atoms with Crippen molar-refractivity contribution in [3.05, 3.63) is 38.9 Å². The van der Waals surface area contributed by atoms with E-state index in [2.05, 4.69) is 0 Å². The number of phenolic OH excluding ortho intramolecular Hbond substituents is 1. The number of aromatic hydroxyl groups is 1. The molecule has 0 aromatic heterocycles. The van der Waals surface area contributed by atoms with Gasteiger partial charge in [0, 0.05) is 12.0 Å². The molecule has 0 amide bonds. The van der Waals surface area contributed by atoms with E-state index in [0.29, 0.717) is 17.5 Å². The lowest BCUT2D eigenvalue weighted by Crippen LogP contribution is -2.34. The van der Waals surface area contributed by atoms with Crippen LogP contribution in [0.2, 0.25) is 0 Å². The highest BCUT2D eigenvalue weighted by atomic mass is 16.6. The van der Waals surface area contributed by atoms with Crippen molar-refractivity contribution in [1.82, 2.24) is 0 Å². The molecule has 2 aliphatic carbocycles. The van der Waals surface area contributed by atoms with Crippen molar-refractivity contribution < 1.29 is 14.8 Å². The van der Waals surface area contributed by atoms with E-state index in [4.69, 9.17) is 0 Å². The van der Waals surface area contributed by atoms with Crippen molar-refractivity contribution in [2.75, 3.05) is 0 Å². The summed E-state index contributed by atoms with van der Waals surface area (Å²) in [6.45, 7) is 7.90. The lowest BCUT2D eigenvalue weighted by Gasteiger charge is -2.42. The molecule has 5 heteroatoms. The lowest BCUT2D eigenvalue weighted by atomic mass is 9.61. The highest BCUT2D eigenvalue weighted by Crippen LogP contribution is 2.54. The van der Waals surface area contributed by atoms with Crippen LogP contribution in [0.15, 0.2) is 12.1 Å². The molecule has 0 bridgehead atoms. The number of rotatable bonds is 2. The minimum Gasteiger partial charge on any atom is -0.502 e. The smallest absolute Gasteiger partial charge is 0.318 e. The van der Waals surface area contributed by atoms with Gasteiger partial charge in [-0.3, -0.25) is 14.9 Å². The summed E-state index contributed by atoms with van der Waals surface area (Å²) in [5.74, 6) is -0.164. The molecule has 5 nitrogen and oxygen atoms in total. The molecule has 1 unspecified atom stereocenters. The van der Waals surface area contributed by atoms with Crippen LogP contribution in [0.4, 0.5) is 5.69 Å². The van der Waals surface area contributed by atoms with Gasteiger partial charge < -0.3 is 5.11 Å². The van der Waals surface area contributed by atoms with Gasteiger partial charge in [-0.1, -0.05) is 33.8 Å². The molecular formula is C19H23NO4. The van der Waals surface area contributed by atoms with Crippen LogP contribution in [0.1, 0.15) is 63.1 Å². The first-order valence-electron chi connectivity index (χ1n) is 8.41. The summed E-state index contributed by atoms with van der Waals surface area (Å²) >= 11 is 0. The second-order valence-electron chi connectivity index (χ2n) is 7.93. The van der Waals surface area contributed by atoms with Gasteiger partial charge in [0.2, 0.25) is 0 Å². The molecule has 2 aliphatic rings. The molecule has 1 N–H and O–H groups in total. The van der Waals surface area contributed by atoms with Gasteiger partial charge in [-0.2, -0.15) is 0 Å². The fourth-order valence-electron chi connectivity index (χ4n) is 4.28. The number of nitro groups is 1. The van der Waals surface area contributed by atoms with E-state index in [-0.39, 0.29) is 34.5 Å². The molecule has 1 aromatic rings. The number of allylic oxidation sites excluding steroid dienone is 2. The highest BCUT2D eigenvalue weighted by Gasteiger charge is 2.44. The van der Waals surface area contributed by atoms with Crippen LogP contribution < -0.4 is 0 Å². The Morgan fingerprint density at radius 1 is 1.38 bits per heavy atom. The molecule has 0 saturated heterocycles. The number of hydrogen-bond donors (Lipinski definition) is 1. The van der Waals surface area contributed by atoms with Gasteiger partial charge in [0.1, 0.15) is 0 Å². The Bertz CT molecular complexity index is 774. The quantitative estimate of drug-likeness (QED) is 0.645. The van der Waals surface area contributed by atoms with E-state index < -0.39 is 4.92 Å². The van der Waals surface area contributed by atoms with Gasteiger partial charge in [-0.25, -0.2) is 0 Å². The van der Waals surface area contributed by atoms with Crippen LogP contribution in [0.25, 0.3) is 5.57 Å². The first-order chi connectivity index (χ1) is 11.1. The fourth-order valence-corrected chi connectivity index (χ4v) is 4.28. The lowest BCUT2D eigenvalue weighted by molar-refractivity contribution is -0.386. The molecule has 3 rings (SSSR count). The molecule has 24 heavy (non-hydrogen) atoms. The number of hydrogen-bond acceptors (Lipinski definition) is 4. The summed E-state index contributed by atoms with van der Waals surface area (Å²) in [6.07, 6.45) is 3.63. The first-order valence-corrected chi connectivity index (χ1v) is 8.41. The van der Waals surface area contributed by atoms with Crippen LogP contribution in [0, 0.1) is 21.4 Å². The zero-order valence-corrected chi connectivity index (χ0v) is 14.5. The van der Waals surface area contributed by atoms with Crippen LogP contribution in [0.3, 0.4) is 0 Å². The maximum atomic E-state index is 12.2. The topological polar surface area (TPSA) is 80.4 Å². The second kappa shape index (κ2) is 5.43. The number of nitrogens with zero attached hydrogens (tertiary/aromatic N) is 1. The molecule has 0 heterocycles. The van der Waals surface area contributed by atoms with E-state index in [1.807, 2.05) is 33.8 Å². The van der Waals surface area contributed by atoms with Gasteiger partial charge in [0.05, 0.1) is 10.5 Å². The average molecular weight is 329 g/mol. The molecule has 1 atom stereocenters. The Hall–Kier alpha value is -2.17. The first kappa shape index (κ1) is 16.7. The zero-order chi connectivity index (χ0) is 17.8. The van der Waals surface area contributed by atoms with Gasteiger partial charge in [0.15, 0.2) is 11.5 Å². The van der Waals surface area contributed by atoms with E-state index >= 15 is 0 Å². The fraction of sp³-hybridized carbons (Fsp3) is 0.526. The largest absolute Gasteiger partial charge is 0.502 e. The van der Waals surface area contributed by atoms with Crippen LogP contribution in [-0.4, -0.2) is 15.8 Å². The van der Waals surface area contributed by atoms with Crippen LogP contribution in [0.5, 0.6) is 5.75 Å². The normalized spacial score (nSPS) is 22.0. The van der Waals surface area contributed by atoms with Crippen molar-refractivity contribution in [2.45, 2.75) is 52.9 Å². The minimum absolute atomic E-state index is 0.000763. The van der Waals surface area contributed by atoms with Crippen LogP contribution >= 0.6 is 0 Å². The third kappa shape index (κ3) is 2.43. The number of phenols is 1. The van der Waals surface area contributed by atoms with Crippen molar-refractivity contribution in [3.63, 3.8) is 0 Å². The number of benzene rings is 1. The average Bonchev–Trinajstić information content (AvgIpc) is 2.44. The van der Waals surface area contributed by atoms with E-state index in [0.717, 1.165) is 24.0 Å². The molecule has 128 valence electrons. The summed E-state index contributed by atoms with van der Waals surface area (Å²) in [4.78, 5) is 23.4. The van der Waals surface area contributed by atoms with E-state index in [1.165, 1.54) is 0 Å². The Balaban J connectivity index is 2.32. The van der Waals surface area contributed by atoms with Gasteiger partial charge in [-0.05, 0) is 47.3 Å². The molecule has 0 radical (unpaired) electrons. The number of ketones is 1. The van der Waals surface area contributed by atoms with Gasteiger partial charge in [0.25, 0.3) is 0 Å². The predicted octanol–water partition coefficient (Wildman–Crippen LogP) is 4.37. The third-order valence-corrected chi connectivity index (χ3v) is 5.45. The number of fused-ring (bicyclic) bond motifs is 3. The Morgan fingerprint density at radius 3 is 2.62 bits per heavy atom. The Labute approximate surface area is 141 Å². The summed E-state index contributed by atoms with van der Waals surface area (Å²) < 4.78 is 0. The summed E-state index contributed by atoms with van der Waals surface area (Å²) in [7, 11) is 0. The molecular weight excluding hydrogens is 306 g/mol. The molecule has 1 aromatic carbocycles. The predicted molar refractivity (Wildman–Crippen MR) is 92.0 cm³/mol. The summed E-state index contributed by atoms with van der Waals surface area (Å²) in [6, 6.07) is 1.88. The number of carbonyl (C=O) groups is 1. The number of aryl methyl sites for hydroxylation is 1. The van der Waals surface area contributed by atoms with Crippen LogP contribution in [-0.2, 0) is 11.2 Å². The van der Waals surface area contributed by atoms with Gasteiger partial charge >= 0.3 is 5.69 Å². The molecule has 0 saturated carbocycles. The standard InChI is InChI=1S/C19H23NO4/c1-10(2)13-7-11-5-6-15-14(8-12(21)9-19(15,3)4)16(11)17(18(13)22)20(23)24/h7-8,10,15,22H,5-6,9H2,1-4H3. The Kier molecular flexibility index (Phi) is 3.78. The maximum Gasteiger partial charge on any atom is 0.318 e. The van der Waals surface area contributed by atoms with Crippen molar-refractivity contribution in [1.29, 1.82) is 0 Å². The number of nitro benzene ring substituents is 1. The van der Waals surface area contributed by atoms with Crippen molar-refractivity contribution in [2.24, 2.45) is 11.3 Å². The third-order valence-electron chi connectivity index (χ3n) is 5.45. The van der Waals surface area contributed by atoms with E-state index in [1.54, 1.807) is 6.08 Å². The highest BCUT2D eigenvalue weighted by molar-refractivity contribution is 6.01. The maximum absolute atomic E-state index is 12.2. The Morgan fingerprint density at radius 2 is 2.04 bits per heavy atom. The molecule has 0 spiro atoms. The monoisotopic (exact) mass is 329 g/mol. The van der Waals surface area contributed by atoms with Crippen molar-refractivity contribution >= 4 is 17.0 Å². The summed E-state index contributed by atoms with van der Waals surface area (Å²) in [5.41, 5.74) is 2.21. The number of carbonyl (C=O) groups excluding carboxylic acids is 1.